The molecule has 2 aromatic carbocycles. The molecule has 0 aliphatic carbocycles. The number of nitrogens with zero attached hydrogens (tertiary/aromatic N) is 1. The molecule has 0 radical (unpaired) electrons. The summed E-state index contributed by atoms with van der Waals surface area (Å²) in [6.07, 6.45) is 0. The highest BCUT2D eigenvalue weighted by Crippen LogP contribution is 2.33. The molecule has 25 heavy (non-hydrogen) atoms. The number of primary sulfonamides is 1. The van der Waals surface area contributed by atoms with E-state index < -0.39 is 10.0 Å². The number of amides is 1. The number of anilines is 1. The van der Waals surface area contributed by atoms with Gasteiger partial charge in [-0.1, -0.05) is 11.3 Å². The average Bonchev–Trinajstić information content (AvgIpc) is 3.18. The molecule has 1 aliphatic rings. The zero-order valence-corrected chi connectivity index (χ0v) is 14.2. The first-order valence-electron chi connectivity index (χ1n) is 7.04. The molecule has 0 fully saturated rings. The molecule has 0 saturated carbocycles. The molecule has 10 heteroatoms. The summed E-state index contributed by atoms with van der Waals surface area (Å²) in [5.41, 5.74) is 0.965. The lowest BCUT2D eigenvalue weighted by atomic mass is 10.2. The number of fused-ring (bicyclic) bond motifs is 2. The van der Waals surface area contributed by atoms with Crippen molar-refractivity contribution >= 4 is 42.6 Å². The van der Waals surface area contributed by atoms with E-state index in [1.54, 1.807) is 24.3 Å². The minimum absolute atomic E-state index is 0.00250. The van der Waals surface area contributed by atoms with Crippen molar-refractivity contribution in [2.75, 3.05) is 12.1 Å². The Kier molecular flexibility index (Phi) is 3.60. The zero-order valence-electron chi connectivity index (χ0n) is 12.6. The molecule has 3 aromatic rings. The van der Waals surface area contributed by atoms with Crippen molar-refractivity contribution in [2.45, 2.75) is 4.90 Å². The summed E-state index contributed by atoms with van der Waals surface area (Å²) in [5, 5.41) is 8.16. The Hall–Kier alpha value is -2.69. The second kappa shape index (κ2) is 5.69. The summed E-state index contributed by atoms with van der Waals surface area (Å²) in [4.78, 5) is 16.6. The van der Waals surface area contributed by atoms with Crippen molar-refractivity contribution in [1.82, 2.24) is 4.98 Å². The van der Waals surface area contributed by atoms with Crippen LogP contribution in [0.4, 0.5) is 5.13 Å². The van der Waals surface area contributed by atoms with Gasteiger partial charge in [-0.3, -0.25) is 10.1 Å². The lowest BCUT2D eigenvalue weighted by Crippen LogP contribution is -2.11. The molecular weight excluding hydrogens is 366 g/mol. The predicted octanol–water partition coefficient (Wildman–Crippen LogP) is 1.92. The molecule has 128 valence electrons. The summed E-state index contributed by atoms with van der Waals surface area (Å²) < 4.78 is 33.9. The first kappa shape index (κ1) is 15.8. The van der Waals surface area contributed by atoms with E-state index in [1.165, 1.54) is 12.1 Å². The van der Waals surface area contributed by atoms with Gasteiger partial charge in [0.15, 0.2) is 16.6 Å². The van der Waals surface area contributed by atoms with Gasteiger partial charge in [0.05, 0.1) is 15.1 Å². The van der Waals surface area contributed by atoms with Crippen LogP contribution in [0.5, 0.6) is 11.5 Å². The van der Waals surface area contributed by atoms with Crippen LogP contribution in [0.3, 0.4) is 0 Å². The van der Waals surface area contributed by atoms with E-state index in [9.17, 15) is 13.2 Å². The largest absolute Gasteiger partial charge is 0.454 e. The topological polar surface area (TPSA) is 121 Å². The van der Waals surface area contributed by atoms with Crippen LogP contribution in [0.25, 0.3) is 10.2 Å². The van der Waals surface area contributed by atoms with Crippen LogP contribution in [0.15, 0.2) is 41.3 Å². The fourth-order valence-corrected chi connectivity index (χ4v) is 3.86. The number of hydrogen-bond acceptors (Lipinski definition) is 7. The number of ether oxygens (including phenoxy) is 2. The summed E-state index contributed by atoms with van der Waals surface area (Å²) in [5.74, 6) is 0.742. The van der Waals surface area contributed by atoms with Crippen LogP contribution in [0.1, 0.15) is 10.4 Å². The number of sulfonamides is 1. The van der Waals surface area contributed by atoms with Gasteiger partial charge in [0, 0.05) is 5.56 Å². The van der Waals surface area contributed by atoms with Gasteiger partial charge in [-0.25, -0.2) is 18.5 Å². The molecule has 0 spiro atoms. The molecular formula is C15H11N3O5S2. The fraction of sp³-hybridized carbons (Fsp3) is 0.0667. The minimum Gasteiger partial charge on any atom is -0.454 e. The monoisotopic (exact) mass is 377 g/mol. The Morgan fingerprint density at radius 3 is 2.76 bits per heavy atom. The quantitative estimate of drug-likeness (QED) is 0.719. The molecule has 0 bridgehead atoms. The first-order valence-corrected chi connectivity index (χ1v) is 9.41. The van der Waals surface area contributed by atoms with Gasteiger partial charge in [0.25, 0.3) is 5.91 Å². The molecule has 1 aromatic heterocycles. The third kappa shape index (κ3) is 3.02. The number of rotatable bonds is 3. The van der Waals surface area contributed by atoms with E-state index in [2.05, 4.69) is 10.3 Å². The van der Waals surface area contributed by atoms with Gasteiger partial charge < -0.3 is 9.47 Å². The highest BCUT2D eigenvalue weighted by Gasteiger charge is 2.17. The van der Waals surface area contributed by atoms with Gasteiger partial charge in [-0.05, 0) is 36.4 Å². The average molecular weight is 377 g/mol. The number of thiazole rings is 1. The van der Waals surface area contributed by atoms with Gasteiger partial charge >= 0.3 is 0 Å². The van der Waals surface area contributed by atoms with Crippen LogP contribution in [0.2, 0.25) is 0 Å². The lowest BCUT2D eigenvalue weighted by molar-refractivity contribution is 0.102. The third-order valence-electron chi connectivity index (χ3n) is 3.54. The van der Waals surface area contributed by atoms with Gasteiger partial charge in [0.2, 0.25) is 16.8 Å². The van der Waals surface area contributed by atoms with Crippen LogP contribution in [-0.4, -0.2) is 26.1 Å². The Labute approximate surface area is 146 Å². The number of nitrogens with one attached hydrogen (secondary N) is 1. The summed E-state index contributed by atoms with van der Waals surface area (Å²) in [7, 11) is -3.79. The molecule has 1 amide bonds. The van der Waals surface area contributed by atoms with E-state index in [0.29, 0.717) is 32.4 Å². The predicted molar refractivity (Wildman–Crippen MR) is 91.5 cm³/mol. The maximum absolute atomic E-state index is 12.4. The lowest BCUT2D eigenvalue weighted by Gasteiger charge is -2.02. The van der Waals surface area contributed by atoms with E-state index >= 15 is 0 Å². The fourth-order valence-electron chi connectivity index (χ4n) is 2.34. The minimum atomic E-state index is -3.79. The third-order valence-corrected chi connectivity index (χ3v) is 5.39. The molecule has 4 rings (SSSR count). The first-order chi connectivity index (χ1) is 11.9. The van der Waals surface area contributed by atoms with E-state index in [-0.39, 0.29) is 17.6 Å². The Morgan fingerprint density at radius 2 is 1.96 bits per heavy atom. The molecule has 0 unspecified atom stereocenters. The molecule has 8 nitrogen and oxygen atoms in total. The van der Waals surface area contributed by atoms with E-state index in [4.69, 9.17) is 14.6 Å². The van der Waals surface area contributed by atoms with Crippen LogP contribution >= 0.6 is 11.3 Å². The Morgan fingerprint density at radius 1 is 1.16 bits per heavy atom. The molecule has 1 aliphatic heterocycles. The molecule has 0 atom stereocenters. The summed E-state index contributed by atoms with van der Waals surface area (Å²) in [6.45, 7) is 0.130. The summed E-state index contributed by atoms with van der Waals surface area (Å²) in [6, 6.07) is 9.22. The maximum atomic E-state index is 12.4. The smallest absolute Gasteiger partial charge is 0.257 e. The Bertz CT molecular complexity index is 1110. The number of carbonyl (C=O) groups is 1. The number of hydrogen-bond donors (Lipinski definition) is 2. The molecule has 2 heterocycles. The SMILES string of the molecule is NS(=O)(=O)c1ccc2nc(NC(=O)c3ccc4c(c3)OCO4)sc2c1. The maximum Gasteiger partial charge on any atom is 0.257 e. The highest BCUT2D eigenvalue weighted by molar-refractivity contribution is 7.89. The molecule has 0 saturated heterocycles. The molecule has 3 N–H and O–H groups in total. The zero-order chi connectivity index (χ0) is 17.6. The van der Waals surface area contributed by atoms with Crippen LogP contribution in [-0.2, 0) is 10.0 Å². The van der Waals surface area contributed by atoms with Crippen molar-refractivity contribution in [1.29, 1.82) is 0 Å². The van der Waals surface area contributed by atoms with Crippen molar-refractivity contribution in [3.05, 3.63) is 42.0 Å². The van der Waals surface area contributed by atoms with Crippen molar-refractivity contribution in [3.63, 3.8) is 0 Å². The second-order valence-corrected chi connectivity index (χ2v) is 7.81. The van der Waals surface area contributed by atoms with Gasteiger partial charge in [-0.2, -0.15) is 0 Å². The number of aromatic nitrogens is 1. The Balaban J connectivity index is 1.61. The van der Waals surface area contributed by atoms with Crippen molar-refractivity contribution < 1.29 is 22.7 Å². The number of nitrogens with two attached hydrogens (primary N) is 1. The number of carbonyl (C=O) groups excluding carboxylic acids is 1. The normalized spacial score (nSPS) is 13.2. The second-order valence-electron chi connectivity index (χ2n) is 5.22. The summed E-state index contributed by atoms with van der Waals surface area (Å²) >= 11 is 1.16. The van der Waals surface area contributed by atoms with Crippen molar-refractivity contribution in [2.24, 2.45) is 5.14 Å². The van der Waals surface area contributed by atoms with Crippen molar-refractivity contribution in [3.8, 4) is 11.5 Å². The van der Waals surface area contributed by atoms with Crippen LogP contribution in [0, 0.1) is 0 Å². The standard InChI is InChI=1S/C15H11N3O5S2/c16-25(20,21)9-2-3-10-13(6-9)24-15(17-10)18-14(19)8-1-4-11-12(5-8)23-7-22-11/h1-6H,7H2,(H2,16,20,21)(H,17,18,19). The number of benzene rings is 2. The van der Waals surface area contributed by atoms with E-state index in [1.807, 2.05) is 0 Å². The highest BCUT2D eigenvalue weighted by atomic mass is 32.2. The van der Waals surface area contributed by atoms with Gasteiger partial charge in [0.1, 0.15) is 0 Å². The van der Waals surface area contributed by atoms with E-state index in [0.717, 1.165) is 11.3 Å². The van der Waals surface area contributed by atoms with Gasteiger partial charge in [-0.15, -0.1) is 0 Å². The van der Waals surface area contributed by atoms with Crippen LogP contribution < -0.4 is 19.9 Å².